The topological polar surface area (TPSA) is 67.2 Å². The normalized spacial score (nSPS) is 11.9. The number of hydrogen-bond acceptors (Lipinski definition) is 3. The maximum absolute atomic E-state index is 13.6. The predicted molar refractivity (Wildman–Crippen MR) is 131 cm³/mol. The molecule has 0 spiro atoms. The van der Waals surface area contributed by atoms with Gasteiger partial charge in [0.05, 0.1) is 22.6 Å². The fraction of sp³-hybridized carbons (Fsp3) is 0.160. The van der Waals surface area contributed by atoms with E-state index in [0.29, 0.717) is 34.6 Å². The Balaban J connectivity index is 1.81. The number of benzene rings is 3. The monoisotopic (exact) mass is 508 g/mol. The van der Waals surface area contributed by atoms with Crippen molar-refractivity contribution in [2.24, 2.45) is 0 Å². The van der Waals surface area contributed by atoms with Crippen molar-refractivity contribution >= 4 is 38.6 Å². The Kier molecular flexibility index (Phi) is 6.55. The largest absolute Gasteiger partial charge is 0.322 e. The van der Waals surface area contributed by atoms with Crippen LogP contribution in [-0.4, -0.2) is 27.0 Å². The highest BCUT2D eigenvalue weighted by atomic mass is 79.9. The summed E-state index contributed by atoms with van der Waals surface area (Å²) in [5.74, 6) is -0.0183. The minimum atomic E-state index is -0.551. The van der Waals surface area contributed by atoms with Gasteiger partial charge in [0.25, 0.3) is 5.56 Å². The van der Waals surface area contributed by atoms with Crippen LogP contribution >= 0.6 is 15.9 Å². The number of carbonyl (C=O) groups excluding carboxylic acids is 1. The first-order valence-corrected chi connectivity index (χ1v) is 11.3. The van der Waals surface area contributed by atoms with E-state index in [2.05, 4.69) is 21.2 Å². The van der Waals surface area contributed by atoms with Crippen LogP contribution in [0.2, 0.25) is 0 Å². The van der Waals surface area contributed by atoms with Crippen LogP contribution in [0.3, 0.4) is 0 Å². The third-order valence-electron chi connectivity index (χ3n) is 5.41. The molecule has 33 heavy (non-hydrogen) atoms. The molecule has 0 aliphatic heterocycles. The first kappa shape index (κ1) is 22.7. The fourth-order valence-electron chi connectivity index (χ4n) is 3.76. The van der Waals surface area contributed by atoms with E-state index >= 15 is 0 Å². The number of rotatable bonds is 5. The molecule has 3 aromatic carbocycles. The molecule has 0 aliphatic carbocycles. The molecular weight excluding hydrogens is 487 g/mol. The van der Waals surface area contributed by atoms with Gasteiger partial charge in [0.2, 0.25) is 0 Å². The standard InChI is InChI=1S/C25H22BrFN4O2/c1-3-30(25(33)28-19-8-6-7-17(26)15-19)16(2)23-29-22-10-5-4-9-21(22)24(32)31(23)20-13-11-18(27)12-14-20/h4-16H,3H2,1-2H3,(H,28,33). The first-order chi connectivity index (χ1) is 15.9. The molecule has 1 N–H and O–H groups in total. The lowest BCUT2D eigenvalue weighted by molar-refractivity contribution is 0.193. The van der Waals surface area contributed by atoms with Crippen LogP contribution in [0, 0.1) is 5.82 Å². The number of carbonyl (C=O) groups is 1. The van der Waals surface area contributed by atoms with Crippen LogP contribution in [0.25, 0.3) is 16.6 Å². The molecule has 4 aromatic rings. The highest BCUT2D eigenvalue weighted by Crippen LogP contribution is 2.24. The Morgan fingerprint density at radius 1 is 1.12 bits per heavy atom. The van der Waals surface area contributed by atoms with Gasteiger partial charge in [-0.3, -0.25) is 9.36 Å². The van der Waals surface area contributed by atoms with E-state index in [-0.39, 0.29) is 11.6 Å². The number of anilines is 1. The van der Waals surface area contributed by atoms with Crippen molar-refractivity contribution in [1.29, 1.82) is 0 Å². The van der Waals surface area contributed by atoms with Crippen molar-refractivity contribution in [2.45, 2.75) is 19.9 Å². The molecule has 1 atom stereocenters. The summed E-state index contributed by atoms with van der Waals surface area (Å²) in [4.78, 5) is 32.9. The van der Waals surface area contributed by atoms with Crippen molar-refractivity contribution in [3.05, 3.63) is 99.3 Å². The van der Waals surface area contributed by atoms with Crippen molar-refractivity contribution in [2.75, 3.05) is 11.9 Å². The van der Waals surface area contributed by atoms with Crippen LogP contribution in [-0.2, 0) is 0 Å². The van der Waals surface area contributed by atoms with Gasteiger partial charge < -0.3 is 10.2 Å². The SMILES string of the molecule is CCN(C(=O)Nc1cccc(Br)c1)C(C)c1nc2ccccc2c(=O)n1-c1ccc(F)cc1. The van der Waals surface area contributed by atoms with Gasteiger partial charge in [-0.1, -0.05) is 34.1 Å². The van der Waals surface area contributed by atoms with Crippen molar-refractivity contribution in [1.82, 2.24) is 14.5 Å². The van der Waals surface area contributed by atoms with E-state index < -0.39 is 11.9 Å². The zero-order valence-corrected chi connectivity index (χ0v) is 19.7. The van der Waals surface area contributed by atoms with Gasteiger partial charge in [0.1, 0.15) is 11.6 Å². The van der Waals surface area contributed by atoms with E-state index in [1.54, 1.807) is 35.2 Å². The van der Waals surface area contributed by atoms with Gasteiger partial charge in [-0.15, -0.1) is 0 Å². The number of para-hydroxylation sites is 1. The summed E-state index contributed by atoms with van der Waals surface area (Å²) in [5.41, 5.74) is 1.37. The molecule has 4 rings (SSSR count). The van der Waals surface area contributed by atoms with Gasteiger partial charge in [0, 0.05) is 16.7 Å². The number of urea groups is 1. The number of halogens is 2. The average Bonchev–Trinajstić information content (AvgIpc) is 2.80. The van der Waals surface area contributed by atoms with Gasteiger partial charge in [-0.25, -0.2) is 14.2 Å². The molecule has 1 unspecified atom stereocenters. The quantitative estimate of drug-likeness (QED) is 0.364. The molecule has 1 heterocycles. The van der Waals surface area contributed by atoms with E-state index in [0.717, 1.165) is 4.47 Å². The van der Waals surface area contributed by atoms with Crippen molar-refractivity contribution < 1.29 is 9.18 Å². The van der Waals surface area contributed by atoms with Gasteiger partial charge in [-0.05, 0) is 68.4 Å². The third kappa shape index (κ3) is 4.66. The lowest BCUT2D eigenvalue weighted by Gasteiger charge is -2.29. The number of fused-ring (bicyclic) bond motifs is 1. The zero-order valence-electron chi connectivity index (χ0n) is 18.1. The zero-order chi connectivity index (χ0) is 23.5. The highest BCUT2D eigenvalue weighted by Gasteiger charge is 2.26. The van der Waals surface area contributed by atoms with Gasteiger partial charge in [0.15, 0.2) is 0 Å². The van der Waals surface area contributed by atoms with Crippen molar-refractivity contribution in [3.63, 3.8) is 0 Å². The smallest absolute Gasteiger partial charge is 0.315 e. The summed E-state index contributed by atoms with van der Waals surface area (Å²) in [7, 11) is 0. The summed E-state index contributed by atoms with van der Waals surface area (Å²) >= 11 is 3.40. The second-order valence-corrected chi connectivity index (χ2v) is 8.42. The van der Waals surface area contributed by atoms with Crippen molar-refractivity contribution in [3.8, 4) is 5.69 Å². The molecule has 0 aliphatic rings. The van der Waals surface area contributed by atoms with Gasteiger partial charge in [-0.2, -0.15) is 0 Å². The summed E-state index contributed by atoms with van der Waals surface area (Å²) in [6.45, 7) is 4.06. The lowest BCUT2D eigenvalue weighted by atomic mass is 10.2. The maximum atomic E-state index is 13.6. The molecule has 0 fully saturated rings. The second kappa shape index (κ2) is 9.54. The average molecular weight is 509 g/mol. The van der Waals surface area contributed by atoms with Crippen LogP contribution in [0.1, 0.15) is 25.7 Å². The van der Waals surface area contributed by atoms with Crippen LogP contribution in [0.5, 0.6) is 0 Å². The second-order valence-electron chi connectivity index (χ2n) is 7.51. The molecule has 2 amide bonds. The molecule has 168 valence electrons. The number of nitrogens with one attached hydrogen (secondary N) is 1. The Hall–Kier alpha value is -3.52. The number of aromatic nitrogens is 2. The highest BCUT2D eigenvalue weighted by molar-refractivity contribution is 9.10. The lowest BCUT2D eigenvalue weighted by Crippen LogP contribution is -2.39. The van der Waals surface area contributed by atoms with Crippen LogP contribution in [0.15, 0.2) is 82.1 Å². The summed E-state index contributed by atoms with van der Waals surface area (Å²) in [5, 5.41) is 3.34. The number of hydrogen-bond donors (Lipinski definition) is 1. The van der Waals surface area contributed by atoms with E-state index in [1.165, 1.54) is 28.8 Å². The Bertz CT molecular complexity index is 1370. The third-order valence-corrected chi connectivity index (χ3v) is 5.90. The maximum Gasteiger partial charge on any atom is 0.322 e. The van der Waals surface area contributed by atoms with E-state index in [4.69, 9.17) is 4.98 Å². The Labute approximate surface area is 198 Å². The first-order valence-electron chi connectivity index (χ1n) is 10.5. The molecular formula is C25H22BrFN4O2. The number of amides is 2. The Morgan fingerprint density at radius 2 is 1.85 bits per heavy atom. The fourth-order valence-corrected chi connectivity index (χ4v) is 4.16. The molecule has 0 radical (unpaired) electrons. The summed E-state index contributed by atoms with van der Waals surface area (Å²) < 4.78 is 15.9. The Morgan fingerprint density at radius 3 is 2.55 bits per heavy atom. The number of nitrogens with zero attached hydrogens (tertiary/aromatic N) is 3. The molecule has 1 aromatic heterocycles. The molecule has 0 saturated heterocycles. The van der Waals surface area contributed by atoms with Crippen LogP contribution < -0.4 is 10.9 Å². The van der Waals surface area contributed by atoms with E-state index in [1.807, 2.05) is 32.0 Å². The summed E-state index contributed by atoms with van der Waals surface area (Å²) in [6.07, 6.45) is 0. The molecule has 6 nitrogen and oxygen atoms in total. The molecule has 0 bridgehead atoms. The van der Waals surface area contributed by atoms with E-state index in [9.17, 15) is 14.0 Å². The van der Waals surface area contributed by atoms with Crippen LogP contribution in [0.4, 0.5) is 14.9 Å². The molecule has 0 saturated carbocycles. The summed E-state index contributed by atoms with van der Waals surface area (Å²) in [6, 6.07) is 19.1. The minimum Gasteiger partial charge on any atom is -0.315 e. The minimum absolute atomic E-state index is 0.280. The predicted octanol–water partition coefficient (Wildman–Crippen LogP) is 5.90. The molecule has 8 heteroatoms. The van der Waals surface area contributed by atoms with Gasteiger partial charge >= 0.3 is 6.03 Å².